The molecule has 2 aromatic rings. The van der Waals surface area contributed by atoms with E-state index in [1.807, 2.05) is 6.92 Å². The molecule has 2 amide bonds. The van der Waals surface area contributed by atoms with Crippen LogP contribution in [0.25, 0.3) is 11.0 Å². The Balaban J connectivity index is 1.30. The molecule has 160 valence electrons. The van der Waals surface area contributed by atoms with E-state index in [1.54, 1.807) is 39.9 Å². The number of hydrogen-bond acceptors (Lipinski definition) is 6. The van der Waals surface area contributed by atoms with Crippen molar-refractivity contribution in [2.24, 2.45) is 0 Å². The molecule has 0 saturated carbocycles. The number of hydrogen-bond donors (Lipinski definition) is 1. The van der Waals surface area contributed by atoms with Crippen LogP contribution in [0.4, 0.5) is 0 Å². The van der Waals surface area contributed by atoms with Gasteiger partial charge in [-0.15, -0.1) is 11.8 Å². The molecule has 30 heavy (non-hydrogen) atoms. The number of aromatic amines is 1. The fourth-order valence-electron chi connectivity index (χ4n) is 4.65. The zero-order valence-corrected chi connectivity index (χ0v) is 18.2. The van der Waals surface area contributed by atoms with Gasteiger partial charge in [0.15, 0.2) is 0 Å². The number of nitrogens with zero attached hydrogens (tertiary/aromatic N) is 4. The van der Waals surface area contributed by atoms with Crippen molar-refractivity contribution in [3.8, 4) is 0 Å². The molecule has 3 aliphatic heterocycles. The lowest BCUT2D eigenvalue weighted by Crippen LogP contribution is -2.56. The van der Waals surface area contributed by atoms with Gasteiger partial charge in [-0.25, -0.2) is 13.4 Å². The number of pyridine rings is 1. The molecule has 0 aromatic carbocycles. The molecule has 3 saturated heterocycles. The van der Waals surface area contributed by atoms with Gasteiger partial charge in [0.05, 0.1) is 4.87 Å². The van der Waals surface area contributed by atoms with E-state index < -0.39 is 16.1 Å². The second-order valence-electron chi connectivity index (χ2n) is 8.05. The van der Waals surface area contributed by atoms with Gasteiger partial charge in [-0.1, -0.05) is 0 Å². The first-order chi connectivity index (χ1) is 14.3. The number of nitrogens with one attached hydrogen (secondary N) is 1. The Kier molecular flexibility index (Phi) is 4.60. The highest BCUT2D eigenvalue weighted by Gasteiger charge is 2.53. The van der Waals surface area contributed by atoms with Crippen molar-refractivity contribution in [1.82, 2.24) is 24.1 Å². The number of sulfonamides is 1. The fraction of sp³-hybridized carbons (Fsp3) is 0.526. The molecule has 3 aliphatic rings. The molecule has 11 heteroatoms. The van der Waals surface area contributed by atoms with Gasteiger partial charge in [-0.05, 0) is 25.5 Å². The van der Waals surface area contributed by atoms with Crippen molar-refractivity contribution >= 4 is 44.6 Å². The number of carbonyl (C=O) groups excluding carboxylic acids is 2. The number of rotatable bonds is 3. The predicted octanol–water partition coefficient (Wildman–Crippen LogP) is 0.850. The summed E-state index contributed by atoms with van der Waals surface area (Å²) in [5.41, 5.74) is 0.530. The molecule has 2 unspecified atom stereocenters. The van der Waals surface area contributed by atoms with Crippen LogP contribution in [0.1, 0.15) is 19.8 Å². The molecule has 9 nitrogen and oxygen atoms in total. The zero-order valence-electron chi connectivity index (χ0n) is 16.6. The van der Waals surface area contributed by atoms with E-state index >= 15 is 0 Å². The third kappa shape index (κ3) is 2.94. The molecule has 3 fully saturated rings. The van der Waals surface area contributed by atoms with Crippen molar-refractivity contribution in [2.45, 2.75) is 35.6 Å². The summed E-state index contributed by atoms with van der Waals surface area (Å²) in [4.78, 5) is 35.9. The summed E-state index contributed by atoms with van der Waals surface area (Å²) in [6, 6.07) is 2.99. The van der Waals surface area contributed by atoms with Crippen LogP contribution >= 0.6 is 11.8 Å². The van der Waals surface area contributed by atoms with Crippen molar-refractivity contribution in [3.05, 3.63) is 24.5 Å². The van der Waals surface area contributed by atoms with Gasteiger partial charge in [-0.2, -0.15) is 4.31 Å². The minimum absolute atomic E-state index is 0.0370. The first-order valence-electron chi connectivity index (χ1n) is 9.98. The van der Waals surface area contributed by atoms with Gasteiger partial charge in [0.25, 0.3) is 0 Å². The molecule has 2 aromatic heterocycles. The molecule has 0 aliphatic carbocycles. The number of aromatic nitrogens is 2. The number of amides is 2. The third-order valence-corrected chi connectivity index (χ3v) is 9.75. The van der Waals surface area contributed by atoms with Crippen molar-refractivity contribution in [2.75, 3.05) is 31.9 Å². The Morgan fingerprint density at radius 1 is 1.30 bits per heavy atom. The van der Waals surface area contributed by atoms with Gasteiger partial charge in [0.2, 0.25) is 21.8 Å². The highest BCUT2D eigenvalue weighted by atomic mass is 32.2. The summed E-state index contributed by atoms with van der Waals surface area (Å²) in [6.07, 6.45) is 4.33. The highest BCUT2D eigenvalue weighted by molar-refractivity contribution is 8.01. The Labute approximate surface area is 178 Å². The van der Waals surface area contributed by atoms with Crippen LogP contribution in [-0.2, 0) is 19.6 Å². The number of piperazine rings is 1. The summed E-state index contributed by atoms with van der Waals surface area (Å²) in [6.45, 7) is 3.12. The van der Waals surface area contributed by atoms with Gasteiger partial charge in [0.1, 0.15) is 16.6 Å². The lowest BCUT2D eigenvalue weighted by atomic mass is 10.2. The van der Waals surface area contributed by atoms with E-state index in [2.05, 4.69) is 9.97 Å². The molecular weight excluding hydrogens is 426 g/mol. The van der Waals surface area contributed by atoms with Crippen molar-refractivity contribution < 1.29 is 18.0 Å². The molecule has 5 rings (SSSR count). The molecule has 0 radical (unpaired) electrons. The summed E-state index contributed by atoms with van der Waals surface area (Å²) in [7, 11) is -3.69. The summed E-state index contributed by atoms with van der Waals surface area (Å²) in [5, 5.41) is 0.561. The van der Waals surface area contributed by atoms with Crippen LogP contribution in [0.15, 0.2) is 29.4 Å². The highest BCUT2D eigenvalue weighted by Crippen LogP contribution is 2.47. The summed E-state index contributed by atoms with van der Waals surface area (Å²) >= 11 is 1.67. The van der Waals surface area contributed by atoms with Crippen LogP contribution in [0.5, 0.6) is 0 Å². The lowest BCUT2D eigenvalue weighted by Gasteiger charge is -2.37. The maximum atomic E-state index is 13.1. The Bertz CT molecular complexity index is 1120. The maximum absolute atomic E-state index is 13.1. The van der Waals surface area contributed by atoms with Crippen LogP contribution < -0.4 is 0 Å². The monoisotopic (exact) mass is 449 g/mol. The quantitative estimate of drug-likeness (QED) is 0.745. The van der Waals surface area contributed by atoms with Gasteiger partial charge in [0, 0.05) is 56.1 Å². The topological polar surface area (TPSA) is 107 Å². The van der Waals surface area contributed by atoms with Crippen LogP contribution in [0.3, 0.4) is 0 Å². The Hall–Kier alpha value is -2.11. The number of thioether (sulfide) groups is 1. The number of carbonyl (C=O) groups is 2. The summed E-state index contributed by atoms with van der Waals surface area (Å²) < 4.78 is 27.7. The largest absolute Gasteiger partial charge is 0.345 e. The van der Waals surface area contributed by atoms with Gasteiger partial charge < -0.3 is 14.8 Å². The van der Waals surface area contributed by atoms with E-state index in [1.165, 1.54) is 10.5 Å². The normalized spacial score (nSPS) is 27.8. The van der Waals surface area contributed by atoms with Crippen molar-refractivity contribution in [1.29, 1.82) is 0 Å². The van der Waals surface area contributed by atoms with Crippen LogP contribution in [0.2, 0.25) is 0 Å². The van der Waals surface area contributed by atoms with Gasteiger partial charge in [-0.3, -0.25) is 9.59 Å². The average molecular weight is 450 g/mol. The minimum atomic E-state index is -3.69. The first kappa shape index (κ1) is 19.8. The maximum Gasteiger partial charge on any atom is 0.246 e. The van der Waals surface area contributed by atoms with E-state index in [9.17, 15) is 18.0 Å². The summed E-state index contributed by atoms with van der Waals surface area (Å²) in [5.74, 6) is 0.562. The molecule has 0 bridgehead atoms. The SMILES string of the molecule is CC12CCC(=O)N1C(C(=O)N1CCN(S(=O)(=O)c3c[nH]c4ncccc34)CC1)CS2. The second-order valence-corrected chi connectivity index (χ2v) is 11.5. The molecule has 1 N–H and O–H groups in total. The van der Waals surface area contributed by atoms with Gasteiger partial charge >= 0.3 is 0 Å². The Morgan fingerprint density at radius 2 is 2.07 bits per heavy atom. The first-order valence-corrected chi connectivity index (χ1v) is 12.4. The minimum Gasteiger partial charge on any atom is -0.345 e. The van der Waals surface area contributed by atoms with Crippen LogP contribution in [0, 0.1) is 0 Å². The second kappa shape index (κ2) is 6.96. The molecule has 0 spiro atoms. The standard InChI is InChI=1S/C19H23N5O4S2/c1-19-5-4-16(25)24(19)14(12-29-19)18(26)22-7-9-23(10-8-22)30(27,28)15-11-21-17-13(15)3-2-6-20-17/h2-3,6,11,14H,4-5,7-10,12H2,1H3,(H,20,21). The van der Waals surface area contributed by atoms with Crippen LogP contribution in [-0.4, -0.2) is 87.1 Å². The number of H-pyrrole nitrogens is 1. The zero-order chi connectivity index (χ0) is 21.1. The van der Waals surface area contributed by atoms with E-state index in [0.717, 1.165) is 6.42 Å². The Morgan fingerprint density at radius 3 is 2.83 bits per heavy atom. The fourth-order valence-corrected chi connectivity index (χ4v) is 7.64. The molecular formula is C19H23N5O4S2. The molecule has 5 heterocycles. The van der Waals surface area contributed by atoms with E-state index in [0.29, 0.717) is 36.3 Å². The van der Waals surface area contributed by atoms with Crippen molar-refractivity contribution in [3.63, 3.8) is 0 Å². The van der Waals surface area contributed by atoms with E-state index in [-0.39, 0.29) is 34.7 Å². The smallest absolute Gasteiger partial charge is 0.246 e. The average Bonchev–Trinajstić information content (AvgIpc) is 3.41. The predicted molar refractivity (Wildman–Crippen MR) is 112 cm³/mol. The molecule has 2 atom stereocenters. The number of fused-ring (bicyclic) bond motifs is 2. The lowest BCUT2D eigenvalue weighted by molar-refractivity contribution is -0.144. The third-order valence-electron chi connectivity index (χ3n) is 6.31. The van der Waals surface area contributed by atoms with E-state index in [4.69, 9.17) is 0 Å².